The lowest BCUT2D eigenvalue weighted by atomic mass is 9.90. The van der Waals surface area contributed by atoms with Crippen LogP contribution < -0.4 is 15.0 Å². The Balaban J connectivity index is 1.51. The SMILES string of the molecule is CC(C)(O)COc1cc(-c2ccc(N3CCC(C)(NC(=O)OC(C)(C)C)CC3)nc2)c2c(C#N)cnn2c1. The number of rotatable bonds is 6. The lowest BCUT2D eigenvalue weighted by Crippen LogP contribution is -2.54. The van der Waals surface area contributed by atoms with Gasteiger partial charge in [-0.2, -0.15) is 10.4 Å². The quantitative estimate of drug-likeness (QED) is 0.493. The van der Waals surface area contributed by atoms with Crippen LogP contribution in [0.2, 0.25) is 0 Å². The number of anilines is 1. The second kappa shape index (κ2) is 10.1. The van der Waals surface area contributed by atoms with Crippen molar-refractivity contribution in [3.63, 3.8) is 0 Å². The molecule has 38 heavy (non-hydrogen) atoms. The molecule has 2 N–H and O–H groups in total. The largest absolute Gasteiger partial charge is 0.489 e. The van der Waals surface area contributed by atoms with Crippen molar-refractivity contribution in [1.29, 1.82) is 5.26 Å². The van der Waals surface area contributed by atoms with E-state index in [9.17, 15) is 15.2 Å². The van der Waals surface area contributed by atoms with Crippen LogP contribution in [0, 0.1) is 11.3 Å². The Morgan fingerprint density at radius 2 is 1.92 bits per heavy atom. The van der Waals surface area contributed by atoms with E-state index in [1.165, 1.54) is 6.20 Å². The number of aliphatic hydroxyl groups is 1. The molecule has 1 aliphatic rings. The molecule has 0 atom stereocenters. The number of nitrogens with zero attached hydrogens (tertiary/aromatic N) is 5. The van der Waals surface area contributed by atoms with E-state index >= 15 is 0 Å². The molecule has 10 heteroatoms. The van der Waals surface area contributed by atoms with Crippen molar-refractivity contribution in [2.24, 2.45) is 0 Å². The number of carbonyl (C=O) groups excluding carboxylic acids is 1. The number of hydrogen-bond acceptors (Lipinski definition) is 8. The van der Waals surface area contributed by atoms with E-state index in [1.54, 1.807) is 30.8 Å². The molecule has 0 aliphatic carbocycles. The molecule has 4 heterocycles. The normalized spacial score (nSPS) is 15.7. The zero-order valence-electron chi connectivity index (χ0n) is 22.9. The summed E-state index contributed by atoms with van der Waals surface area (Å²) in [6, 6.07) is 7.97. The molecular weight excluding hydrogens is 484 g/mol. The Morgan fingerprint density at radius 1 is 1.21 bits per heavy atom. The van der Waals surface area contributed by atoms with E-state index in [0.29, 0.717) is 16.8 Å². The van der Waals surface area contributed by atoms with Crippen LogP contribution in [-0.4, -0.2) is 62.2 Å². The minimum Gasteiger partial charge on any atom is -0.489 e. The van der Waals surface area contributed by atoms with Gasteiger partial charge in [-0.25, -0.2) is 14.3 Å². The first-order chi connectivity index (χ1) is 17.8. The van der Waals surface area contributed by atoms with E-state index in [2.05, 4.69) is 21.4 Å². The molecule has 0 saturated carbocycles. The lowest BCUT2D eigenvalue weighted by Gasteiger charge is -2.40. The number of ether oxygens (including phenoxy) is 2. The van der Waals surface area contributed by atoms with Gasteiger partial charge in [-0.3, -0.25) is 0 Å². The zero-order valence-corrected chi connectivity index (χ0v) is 22.9. The van der Waals surface area contributed by atoms with Crippen LogP contribution in [-0.2, 0) is 4.74 Å². The molecule has 10 nitrogen and oxygen atoms in total. The first-order valence-electron chi connectivity index (χ1n) is 12.7. The van der Waals surface area contributed by atoms with Gasteiger partial charge in [0, 0.05) is 36.0 Å². The van der Waals surface area contributed by atoms with Crippen LogP contribution in [0.5, 0.6) is 5.75 Å². The van der Waals surface area contributed by atoms with E-state index < -0.39 is 17.3 Å². The van der Waals surface area contributed by atoms with Gasteiger partial charge in [0.05, 0.1) is 29.1 Å². The average molecular weight is 521 g/mol. The number of piperidine rings is 1. The highest BCUT2D eigenvalue weighted by atomic mass is 16.6. The fraction of sp³-hybridized carbons (Fsp3) is 0.500. The smallest absolute Gasteiger partial charge is 0.408 e. The van der Waals surface area contributed by atoms with Gasteiger partial charge in [0.1, 0.15) is 29.8 Å². The van der Waals surface area contributed by atoms with Gasteiger partial charge in [-0.05, 0) is 72.6 Å². The van der Waals surface area contributed by atoms with Crippen LogP contribution in [0.25, 0.3) is 16.6 Å². The van der Waals surface area contributed by atoms with Crippen molar-refractivity contribution in [1.82, 2.24) is 19.9 Å². The first-order valence-corrected chi connectivity index (χ1v) is 12.7. The number of aromatic nitrogens is 3. The summed E-state index contributed by atoms with van der Waals surface area (Å²) in [4.78, 5) is 19.2. The number of nitrogens with one attached hydrogen (secondary N) is 1. The molecular formula is C28H36N6O4. The Kier molecular flexibility index (Phi) is 7.26. The molecule has 0 spiro atoms. The van der Waals surface area contributed by atoms with Gasteiger partial charge in [-0.15, -0.1) is 0 Å². The summed E-state index contributed by atoms with van der Waals surface area (Å²) in [5.74, 6) is 1.37. The summed E-state index contributed by atoms with van der Waals surface area (Å²) in [6.07, 6.45) is 6.13. The lowest BCUT2D eigenvalue weighted by molar-refractivity contribution is 0.0283. The molecule has 4 rings (SSSR count). The monoisotopic (exact) mass is 520 g/mol. The fourth-order valence-electron chi connectivity index (χ4n) is 4.37. The molecule has 0 radical (unpaired) electrons. The Morgan fingerprint density at radius 3 is 2.50 bits per heavy atom. The molecule has 0 aromatic carbocycles. The van der Waals surface area contributed by atoms with Crippen LogP contribution in [0.15, 0.2) is 36.8 Å². The third-order valence-electron chi connectivity index (χ3n) is 6.35. The van der Waals surface area contributed by atoms with E-state index in [0.717, 1.165) is 42.9 Å². The molecule has 1 saturated heterocycles. The highest BCUT2D eigenvalue weighted by molar-refractivity contribution is 5.85. The van der Waals surface area contributed by atoms with Crippen molar-refractivity contribution in [2.45, 2.75) is 71.1 Å². The van der Waals surface area contributed by atoms with Gasteiger partial charge in [0.2, 0.25) is 0 Å². The van der Waals surface area contributed by atoms with Crippen LogP contribution in [0.3, 0.4) is 0 Å². The molecule has 0 unspecified atom stereocenters. The summed E-state index contributed by atoms with van der Waals surface area (Å²) >= 11 is 0. The molecule has 1 amide bonds. The fourth-order valence-corrected chi connectivity index (χ4v) is 4.37. The van der Waals surface area contributed by atoms with E-state index in [4.69, 9.17) is 14.5 Å². The maximum Gasteiger partial charge on any atom is 0.408 e. The number of alkyl carbamates (subject to hydrolysis) is 1. The minimum atomic E-state index is -0.993. The van der Waals surface area contributed by atoms with Crippen LogP contribution in [0.1, 0.15) is 59.9 Å². The number of pyridine rings is 2. The second-order valence-electron chi connectivity index (χ2n) is 11.7. The summed E-state index contributed by atoms with van der Waals surface area (Å²) < 4.78 is 12.9. The maximum absolute atomic E-state index is 12.3. The van der Waals surface area contributed by atoms with Crippen molar-refractivity contribution in [2.75, 3.05) is 24.6 Å². The summed E-state index contributed by atoms with van der Waals surface area (Å²) in [5.41, 5.74) is 0.823. The number of amides is 1. The number of carbonyl (C=O) groups is 1. The highest BCUT2D eigenvalue weighted by Gasteiger charge is 2.33. The number of hydrogen-bond donors (Lipinski definition) is 2. The van der Waals surface area contributed by atoms with Crippen molar-refractivity contribution < 1.29 is 19.4 Å². The summed E-state index contributed by atoms with van der Waals surface area (Å²) in [5, 5.41) is 27.0. The number of nitriles is 1. The van der Waals surface area contributed by atoms with Gasteiger partial charge in [0.15, 0.2) is 0 Å². The van der Waals surface area contributed by atoms with Gasteiger partial charge >= 0.3 is 6.09 Å². The molecule has 3 aromatic heterocycles. The van der Waals surface area contributed by atoms with Gasteiger partial charge in [0.25, 0.3) is 0 Å². The zero-order chi connectivity index (χ0) is 27.7. The van der Waals surface area contributed by atoms with Crippen molar-refractivity contribution >= 4 is 17.4 Å². The molecule has 202 valence electrons. The Bertz CT molecular complexity index is 1340. The van der Waals surface area contributed by atoms with Gasteiger partial charge < -0.3 is 24.8 Å². The standard InChI is InChI=1S/C28H36N6O4/c1-26(2,3)38-25(35)32-28(6)9-11-33(12-10-28)23-8-7-19(15-30-23)22-13-21(37-18-27(4,5)36)17-34-24(22)20(14-29)16-31-34/h7-8,13,15-17,36H,9-12,18H2,1-6H3,(H,32,35). The third kappa shape index (κ3) is 6.53. The second-order valence-corrected chi connectivity index (χ2v) is 11.7. The predicted molar refractivity (Wildman–Crippen MR) is 144 cm³/mol. The van der Waals surface area contributed by atoms with E-state index in [1.807, 2.05) is 45.9 Å². The third-order valence-corrected chi connectivity index (χ3v) is 6.35. The molecule has 3 aromatic rings. The Hall–Kier alpha value is -3.84. The molecule has 1 aliphatic heterocycles. The number of fused-ring (bicyclic) bond motifs is 1. The topological polar surface area (TPSA) is 125 Å². The molecule has 0 bridgehead atoms. The average Bonchev–Trinajstić information content (AvgIpc) is 3.24. The Labute approximate surface area is 223 Å². The van der Waals surface area contributed by atoms with Crippen LogP contribution in [0.4, 0.5) is 10.6 Å². The maximum atomic E-state index is 12.3. The highest BCUT2D eigenvalue weighted by Crippen LogP contribution is 2.32. The molecule has 1 fully saturated rings. The van der Waals surface area contributed by atoms with Crippen molar-refractivity contribution in [3.05, 3.63) is 42.4 Å². The predicted octanol–water partition coefficient (Wildman–Crippen LogP) is 4.30. The van der Waals surface area contributed by atoms with E-state index in [-0.39, 0.29) is 12.1 Å². The minimum absolute atomic E-state index is 0.109. The first kappa shape index (κ1) is 27.2. The van der Waals surface area contributed by atoms with Crippen LogP contribution >= 0.6 is 0 Å². The van der Waals surface area contributed by atoms with Gasteiger partial charge in [-0.1, -0.05) is 0 Å². The van der Waals surface area contributed by atoms with Crippen molar-refractivity contribution in [3.8, 4) is 22.9 Å². The summed E-state index contributed by atoms with van der Waals surface area (Å²) in [6.45, 7) is 12.5. The summed E-state index contributed by atoms with van der Waals surface area (Å²) in [7, 11) is 0.